The van der Waals surface area contributed by atoms with E-state index in [4.69, 9.17) is 5.73 Å². The molecule has 1 atom stereocenters. The van der Waals surface area contributed by atoms with Gasteiger partial charge in [-0.05, 0) is 36.1 Å². The largest absolute Gasteiger partial charge is 0.508 e. The molecular formula is C17H16N2O. The van der Waals surface area contributed by atoms with Gasteiger partial charge in [0.2, 0.25) is 0 Å². The van der Waals surface area contributed by atoms with Crippen molar-refractivity contribution in [2.24, 2.45) is 5.73 Å². The fraction of sp³-hybridized carbons (Fsp3) is 0.176. The minimum Gasteiger partial charge on any atom is -0.508 e. The molecule has 0 bridgehead atoms. The quantitative estimate of drug-likeness (QED) is 0.630. The molecule has 3 nitrogen and oxygen atoms in total. The topological polar surface area (TPSA) is 62.0 Å². The number of aromatic nitrogens is 1. The van der Waals surface area contributed by atoms with Crippen molar-refractivity contribution >= 4 is 10.9 Å². The third-order valence-corrected chi connectivity index (χ3v) is 4.22. The third kappa shape index (κ3) is 1.50. The predicted octanol–water partition coefficient (Wildman–Crippen LogP) is 3.49. The van der Waals surface area contributed by atoms with Crippen LogP contribution < -0.4 is 5.73 Å². The van der Waals surface area contributed by atoms with Gasteiger partial charge in [-0.1, -0.05) is 30.3 Å². The Morgan fingerprint density at radius 1 is 1.10 bits per heavy atom. The summed E-state index contributed by atoms with van der Waals surface area (Å²) < 4.78 is 0. The Bertz CT molecular complexity index is 790. The SMILES string of the molecule is NC1CCc2c(-c3ccccc3)[nH]c3ccc(O)c1c23. The van der Waals surface area contributed by atoms with Crippen molar-refractivity contribution in [2.75, 3.05) is 0 Å². The molecule has 1 unspecified atom stereocenters. The van der Waals surface area contributed by atoms with Crippen LogP contribution in [0.25, 0.3) is 22.2 Å². The predicted molar refractivity (Wildman–Crippen MR) is 80.6 cm³/mol. The first-order valence-electron chi connectivity index (χ1n) is 6.93. The number of aryl methyl sites for hydroxylation is 1. The number of hydrogen-bond donors (Lipinski definition) is 3. The fourth-order valence-electron chi connectivity index (χ4n) is 3.29. The maximum Gasteiger partial charge on any atom is 0.121 e. The molecule has 100 valence electrons. The van der Waals surface area contributed by atoms with Gasteiger partial charge >= 0.3 is 0 Å². The lowest BCUT2D eigenvalue weighted by Crippen LogP contribution is -2.15. The fourth-order valence-corrected chi connectivity index (χ4v) is 3.29. The molecule has 0 aliphatic heterocycles. The Labute approximate surface area is 117 Å². The maximum atomic E-state index is 10.1. The number of nitrogens with one attached hydrogen (secondary N) is 1. The molecule has 0 saturated heterocycles. The number of phenols is 1. The number of nitrogens with two attached hydrogens (primary N) is 1. The number of aromatic hydroxyl groups is 1. The first kappa shape index (κ1) is 11.6. The Balaban J connectivity index is 2.08. The van der Waals surface area contributed by atoms with Gasteiger partial charge in [0.1, 0.15) is 5.75 Å². The molecule has 0 radical (unpaired) electrons. The number of rotatable bonds is 1. The molecule has 0 spiro atoms. The molecule has 1 aromatic heterocycles. The summed E-state index contributed by atoms with van der Waals surface area (Å²) in [6, 6.07) is 13.9. The Morgan fingerprint density at radius 3 is 2.70 bits per heavy atom. The second-order valence-electron chi connectivity index (χ2n) is 5.41. The first-order valence-corrected chi connectivity index (χ1v) is 6.93. The summed E-state index contributed by atoms with van der Waals surface area (Å²) in [6.45, 7) is 0. The molecule has 0 amide bonds. The van der Waals surface area contributed by atoms with Crippen molar-refractivity contribution < 1.29 is 5.11 Å². The van der Waals surface area contributed by atoms with Gasteiger partial charge in [0, 0.05) is 28.2 Å². The number of benzene rings is 2. The van der Waals surface area contributed by atoms with Crippen LogP contribution in [0.3, 0.4) is 0 Å². The van der Waals surface area contributed by atoms with Gasteiger partial charge in [-0.2, -0.15) is 0 Å². The van der Waals surface area contributed by atoms with Crippen LogP contribution in [0, 0.1) is 0 Å². The molecule has 0 fully saturated rings. The Morgan fingerprint density at radius 2 is 1.90 bits per heavy atom. The third-order valence-electron chi connectivity index (χ3n) is 4.22. The zero-order chi connectivity index (χ0) is 13.7. The van der Waals surface area contributed by atoms with Crippen LogP contribution in [0.2, 0.25) is 0 Å². The normalized spacial score (nSPS) is 17.6. The van der Waals surface area contributed by atoms with Crippen molar-refractivity contribution in [3.05, 3.63) is 53.6 Å². The Kier molecular flexibility index (Phi) is 2.38. The number of phenolic OH excluding ortho intramolecular Hbond substituents is 1. The van der Waals surface area contributed by atoms with Crippen LogP contribution in [0.4, 0.5) is 0 Å². The van der Waals surface area contributed by atoms with E-state index in [2.05, 4.69) is 17.1 Å². The van der Waals surface area contributed by atoms with Gasteiger partial charge in [-0.3, -0.25) is 0 Å². The first-order chi connectivity index (χ1) is 9.75. The number of H-pyrrole nitrogens is 1. The molecule has 3 heteroatoms. The van der Waals surface area contributed by atoms with E-state index in [1.54, 1.807) is 6.07 Å². The van der Waals surface area contributed by atoms with Gasteiger partial charge < -0.3 is 15.8 Å². The minimum atomic E-state index is -0.0781. The average molecular weight is 264 g/mol. The summed E-state index contributed by atoms with van der Waals surface area (Å²) in [7, 11) is 0. The molecule has 1 heterocycles. The summed E-state index contributed by atoms with van der Waals surface area (Å²) in [5, 5.41) is 11.2. The van der Waals surface area contributed by atoms with Crippen molar-refractivity contribution in [1.82, 2.24) is 4.98 Å². The lowest BCUT2D eigenvalue weighted by Gasteiger charge is -2.21. The van der Waals surface area contributed by atoms with Crippen LogP contribution in [0.15, 0.2) is 42.5 Å². The average Bonchev–Trinajstić information content (AvgIpc) is 2.85. The molecular weight excluding hydrogens is 248 g/mol. The van der Waals surface area contributed by atoms with Crippen molar-refractivity contribution in [3.8, 4) is 17.0 Å². The van der Waals surface area contributed by atoms with E-state index in [1.807, 2.05) is 24.3 Å². The number of aromatic amines is 1. The molecule has 1 aliphatic carbocycles. The van der Waals surface area contributed by atoms with Crippen LogP contribution in [-0.2, 0) is 6.42 Å². The second kappa shape index (κ2) is 4.12. The monoisotopic (exact) mass is 264 g/mol. The summed E-state index contributed by atoms with van der Waals surface area (Å²) >= 11 is 0. The number of hydrogen-bond acceptors (Lipinski definition) is 2. The lowest BCUT2D eigenvalue weighted by atomic mass is 9.87. The second-order valence-corrected chi connectivity index (χ2v) is 5.41. The van der Waals surface area contributed by atoms with Crippen LogP contribution in [-0.4, -0.2) is 10.1 Å². The molecule has 3 aromatic rings. The zero-order valence-electron chi connectivity index (χ0n) is 11.1. The van der Waals surface area contributed by atoms with Crippen LogP contribution >= 0.6 is 0 Å². The highest BCUT2D eigenvalue weighted by Crippen LogP contribution is 2.43. The van der Waals surface area contributed by atoms with Crippen LogP contribution in [0.1, 0.15) is 23.6 Å². The maximum absolute atomic E-state index is 10.1. The van der Waals surface area contributed by atoms with Gasteiger partial charge in [0.25, 0.3) is 0 Å². The highest BCUT2D eigenvalue weighted by molar-refractivity contribution is 5.95. The van der Waals surface area contributed by atoms with Gasteiger partial charge in [-0.25, -0.2) is 0 Å². The van der Waals surface area contributed by atoms with Gasteiger partial charge in [0.15, 0.2) is 0 Å². The van der Waals surface area contributed by atoms with Crippen LogP contribution in [0.5, 0.6) is 5.75 Å². The highest BCUT2D eigenvalue weighted by Gasteiger charge is 2.26. The zero-order valence-corrected chi connectivity index (χ0v) is 11.1. The van der Waals surface area contributed by atoms with Gasteiger partial charge in [0.05, 0.1) is 0 Å². The molecule has 1 aliphatic rings. The summed E-state index contributed by atoms with van der Waals surface area (Å²) in [6.07, 6.45) is 1.82. The lowest BCUT2D eigenvalue weighted by molar-refractivity contribution is 0.459. The van der Waals surface area contributed by atoms with Gasteiger partial charge in [-0.15, -0.1) is 0 Å². The smallest absolute Gasteiger partial charge is 0.121 e. The molecule has 2 aromatic carbocycles. The molecule has 20 heavy (non-hydrogen) atoms. The summed E-state index contributed by atoms with van der Waals surface area (Å²) in [5.74, 6) is 0.310. The van der Waals surface area contributed by atoms with E-state index in [0.717, 1.165) is 35.0 Å². The van der Waals surface area contributed by atoms with E-state index in [0.29, 0.717) is 5.75 Å². The summed E-state index contributed by atoms with van der Waals surface area (Å²) in [4.78, 5) is 3.49. The Hall–Kier alpha value is -2.26. The molecule has 4 rings (SSSR count). The molecule has 0 saturated carbocycles. The minimum absolute atomic E-state index is 0.0781. The van der Waals surface area contributed by atoms with Crippen molar-refractivity contribution in [3.63, 3.8) is 0 Å². The van der Waals surface area contributed by atoms with E-state index < -0.39 is 0 Å². The summed E-state index contributed by atoms with van der Waals surface area (Å²) in [5.41, 5.74) is 11.7. The van der Waals surface area contributed by atoms with E-state index >= 15 is 0 Å². The van der Waals surface area contributed by atoms with E-state index in [9.17, 15) is 5.11 Å². The molecule has 4 N–H and O–H groups in total. The van der Waals surface area contributed by atoms with Crippen molar-refractivity contribution in [2.45, 2.75) is 18.9 Å². The standard InChI is InChI=1S/C17H16N2O/c18-12-7-6-11-15-13(8-9-14(20)16(12)15)19-17(11)10-4-2-1-3-5-10/h1-5,8-9,12,19-20H,6-7,18H2. The van der Waals surface area contributed by atoms with Crippen molar-refractivity contribution in [1.29, 1.82) is 0 Å². The van der Waals surface area contributed by atoms with E-state index in [-0.39, 0.29) is 6.04 Å². The highest BCUT2D eigenvalue weighted by atomic mass is 16.3. The van der Waals surface area contributed by atoms with E-state index in [1.165, 1.54) is 11.1 Å².